The quantitative estimate of drug-likeness (QED) is 0.397. The van der Waals surface area contributed by atoms with Crippen molar-refractivity contribution >= 4 is 41.3 Å². The Morgan fingerprint density at radius 1 is 1.22 bits per heavy atom. The molecule has 4 rings (SSSR count). The molecule has 146 valence electrons. The maximum atomic E-state index is 4.52. The lowest BCUT2D eigenvalue weighted by Gasteiger charge is -2.28. The Morgan fingerprint density at radius 3 is 2.89 bits per heavy atom. The van der Waals surface area contributed by atoms with Crippen molar-refractivity contribution in [3.05, 3.63) is 57.8 Å². The van der Waals surface area contributed by atoms with E-state index in [1.165, 1.54) is 30.5 Å². The van der Waals surface area contributed by atoms with Crippen molar-refractivity contribution in [2.24, 2.45) is 4.99 Å². The number of rotatable bonds is 4. The van der Waals surface area contributed by atoms with Crippen LogP contribution in [0.1, 0.15) is 28.3 Å². The average Bonchev–Trinajstić information content (AvgIpc) is 3.35. The van der Waals surface area contributed by atoms with Gasteiger partial charge in [-0.3, -0.25) is 9.89 Å². The van der Waals surface area contributed by atoms with Crippen molar-refractivity contribution in [2.45, 2.75) is 25.3 Å². The summed E-state index contributed by atoms with van der Waals surface area (Å²) in [4.78, 5) is 11.1. The van der Waals surface area contributed by atoms with E-state index in [0.29, 0.717) is 5.92 Å². The summed E-state index contributed by atoms with van der Waals surface area (Å²) >= 11 is 1.91. The number of nitrogens with zero attached hydrogens (tertiary/aromatic N) is 3. The molecule has 6 heteroatoms. The summed E-state index contributed by atoms with van der Waals surface area (Å²) in [7, 11) is 1.90. The van der Waals surface area contributed by atoms with Crippen LogP contribution >= 0.6 is 35.3 Å². The molecule has 0 spiro atoms. The van der Waals surface area contributed by atoms with Gasteiger partial charge in [0.15, 0.2) is 5.96 Å². The third kappa shape index (κ3) is 5.03. The maximum absolute atomic E-state index is 4.52. The normalized spacial score (nSPS) is 20.3. The van der Waals surface area contributed by atoms with Gasteiger partial charge in [0.05, 0.1) is 0 Å². The van der Waals surface area contributed by atoms with Crippen LogP contribution in [0.25, 0.3) is 0 Å². The van der Waals surface area contributed by atoms with E-state index in [2.05, 4.69) is 61.9 Å². The average molecular weight is 496 g/mol. The van der Waals surface area contributed by atoms with Gasteiger partial charge in [-0.25, -0.2) is 0 Å². The van der Waals surface area contributed by atoms with Crippen LogP contribution in [0.5, 0.6) is 0 Å². The van der Waals surface area contributed by atoms with Crippen molar-refractivity contribution in [3.8, 4) is 0 Å². The molecule has 2 aromatic rings. The molecule has 1 saturated heterocycles. The van der Waals surface area contributed by atoms with Crippen molar-refractivity contribution in [2.75, 3.05) is 39.8 Å². The number of fused-ring (bicyclic) bond motifs is 1. The molecule has 0 saturated carbocycles. The molecule has 4 nitrogen and oxygen atoms in total. The SMILES string of the molecule is CN=C(NCCN1CCc2sccc2C1)N1CCC(c2ccccc2)C1.I. The molecule has 2 aliphatic heterocycles. The molecule has 1 aromatic heterocycles. The van der Waals surface area contributed by atoms with Gasteiger partial charge in [-0.05, 0) is 35.4 Å². The van der Waals surface area contributed by atoms with Crippen LogP contribution in [0, 0.1) is 0 Å². The fraction of sp³-hybridized carbons (Fsp3) is 0.476. The summed E-state index contributed by atoms with van der Waals surface area (Å²) in [6, 6.07) is 13.2. The van der Waals surface area contributed by atoms with Gasteiger partial charge in [0.25, 0.3) is 0 Å². The third-order valence-electron chi connectivity index (χ3n) is 5.57. The fourth-order valence-corrected chi connectivity index (χ4v) is 5.00. The first kappa shape index (κ1) is 20.6. The topological polar surface area (TPSA) is 30.9 Å². The molecule has 1 unspecified atom stereocenters. The summed E-state index contributed by atoms with van der Waals surface area (Å²) in [5.41, 5.74) is 2.97. The number of thiophene rings is 1. The number of nitrogens with one attached hydrogen (secondary N) is 1. The van der Waals surface area contributed by atoms with Crippen LogP contribution in [0.2, 0.25) is 0 Å². The number of guanidine groups is 1. The molecule has 0 radical (unpaired) electrons. The van der Waals surface area contributed by atoms with E-state index in [-0.39, 0.29) is 24.0 Å². The van der Waals surface area contributed by atoms with Crippen molar-refractivity contribution in [1.82, 2.24) is 15.1 Å². The largest absolute Gasteiger partial charge is 0.355 e. The van der Waals surface area contributed by atoms with Gasteiger partial charge in [0.2, 0.25) is 0 Å². The van der Waals surface area contributed by atoms with E-state index in [9.17, 15) is 0 Å². The second-order valence-electron chi connectivity index (χ2n) is 7.21. The molecule has 27 heavy (non-hydrogen) atoms. The van der Waals surface area contributed by atoms with Crippen LogP contribution in [0.3, 0.4) is 0 Å². The van der Waals surface area contributed by atoms with E-state index in [1.54, 1.807) is 4.88 Å². The van der Waals surface area contributed by atoms with Crippen LogP contribution in [0.4, 0.5) is 0 Å². The van der Waals surface area contributed by atoms with Gasteiger partial charge in [0, 0.05) is 57.1 Å². The lowest BCUT2D eigenvalue weighted by atomic mass is 9.99. The molecule has 1 fully saturated rings. The lowest BCUT2D eigenvalue weighted by molar-refractivity contribution is 0.259. The van der Waals surface area contributed by atoms with E-state index >= 15 is 0 Å². The molecular weight excluding hydrogens is 467 g/mol. The Hall–Kier alpha value is -1.12. The van der Waals surface area contributed by atoms with Crippen molar-refractivity contribution in [3.63, 3.8) is 0 Å². The minimum Gasteiger partial charge on any atom is -0.355 e. The number of likely N-dealkylation sites (tertiary alicyclic amines) is 1. The molecule has 0 bridgehead atoms. The zero-order chi connectivity index (χ0) is 17.8. The highest BCUT2D eigenvalue weighted by molar-refractivity contribution is 14.0. The molecular formula is C21H29IN4S. The van der Waals surface area contributed by atoms with Gasteiger partial charge in [-0.1, -0.05) is 30.3 Å². The van der Waals surface area contributed by atoms with E-state index in [0.717, 1.165) is 38.7 Å². The van der Waals surface area contributed by atoms with Gasteiger partial charge in [-0.2, -0.15) is 0 Å². The summed E-state index contributed by atoms with van der Waals surface area (Å²) in [5, 5.41) is 5.81. The maximum Gasteiger partial charge on any atom is 0.193 e. The Balaban J connectivity index is 0.00000210. The number of benzene rings is 1. The highest BCUT2D eigenvalue weighted by Gasteiger charge is 2.26. The van der Waals surface area contributed by atoms with Gasteiger partial charge >= 0.3 is 0 Å². The Kier molecular flexibility index (Phi) is 7.55. The van der Waals surface area contributed by atoms with Crippen LogP contribution < -0.4 is 5.32 Å². The first-order valence-electron chi connectivity index (χ1n) is 9.61. The summed E-state index contributed by atoms with van der Waals surface area (Å²) in [6.45, 7) is 6.45. The predicted molar refractivity (Wildman–Crippen MR) is 125 cm³/mol. The number of aliphatic imine (C=N–C) groups is 1. The van der Waals surface area contributed by atoms with E-state index in [4.69, 9.17) is 0 Å². The van der Waals surface area contributed by atoms with E-state index in [1.807, 2.05) is 18.4 Å². The molecule has 1 atom stereocenters. The number of halogens is 1. The third-order valence-corrected chi connectivity index (χ3v) is 6.59. The van der Waals surface area contributed by atoms with Gasteiger partial charge in [-0.15, -0.1) is 35.3 Å². The monoisotopic (exact) mass is 496 g/mol. The smallest absolute Gasteiger partial charge is 0.193 e. The summed E-state index contributed by atoms with van der Waals surface area (Å²) in [6.07, 6.45) is 2.41. The summed E-state index contributed by atoms with van der Waals surface area (Å²) in [5.74, 6) is 1.67. The molecule has 0 aliphatic carbocycles. The highest BCUT2D eigenvalue weighted by Crippen LogP contribution is 2.27. The molecule has 1 aromatic carbocycles. The fourth-order valence-electron chi connectivity index (χ4n) is 4.11. The Morgan fingerprint density at radius 2 is 2.07 bits per heavy atom. The second-order valence-corrected chi connectivity index (χ2v) is 8.21. The minimum atomic E-state index is 0. The first-order valence-corrected chi connectivity index (χ1v) is 10.5. The first-order chi connectivity index (χ1) is 12.8. The predicted octanol–water partition coefficient (Wildman–Crippen LogP) is 3.79. The lowest BCUT2D eigenvalue weighted by Crippen LogP contribution is -2.44. The van der Waals surface area contributed by atoms with Crippen LogP contribution in [-0.4, -0.2) is 55.5 Å². The molecule has 1 N–H and O–H groups in total. The second kappa shape index (κ2) is 9.89. The van der Waals surface area contributed by atoms with Gasteiger partial charge in [0.1, 0.15) is 0 Å². The van der Waals surface area contributed by atoms with Crippen molar-refractivity contribution < 1.29 is 0 Å². The zero-order valence-electron chi connectivity index (χ0n) is 15.9. The highest BCUT2D eigenvalue weighted by atomic mass is 127. The summed E-state index contributed by atoms with van der Waals surface area (Å²) < 4.78 is 0. The molecule has 3 heterocycles. The van der Waals surface area contributed by atoms with Gasteiger partial charge < -0.3 is 10.2 Å². The number of hydrogen-bond donors (Lipinski definition) is 1. The number of hydrogen-bond acceptors (Lipinski definition) is 3. The molecule has 0 amide bonds. The van der Waals surface area contributed by atoms with Crippen LogP contribution in [0.15, 0.2) is 46.8 Å². The van der Waals surface area contributed by atoms with E-state index < -0.39 is 0 Å². The zero-order valence-corrected chi connectivity index (χ0v) is 19.1. The Labute approximate surface area is 183 Å². The van der Waals surface area contributed by atoms with Crippen molar-refractivity contribution in [1.29, 1.82) is 0 Å². The standard InChI is InChI=1S/C21H28N4S.HI/c1-22-21(25-12-7-18(16-25)17-5-3-2-4-6-17)23-10-13-24-11-8-20-19(15-24)9-14-26-20;/h2-6,9,14,18H,7-8,10-13,15-16H2,1H3,(H,22,23);1H. The Bertz CT molecular complexity index is 746. The molecule has 2 aliphatic rings. The van der Waals surface area contributed by atoms with Crippen LogP contribution in [-0.2, 0) is 13.0 Å². The minimum absolute atomic E-state index is 0.